The highest BCUT2D eigenvalue weighted by Crippen LogP contribution is 2.19. The highest BCUT2D eigenvalue weighted by molar-refractivity contribution is 5.92. The summed E-state index contributed by atoms with van der Waals surface area (Å²) < 4.78 is 10.6. The van der Waals surface area contributed by atoms with E-state index in [4.69, 9.17) is 9.15 Å². The second-order valence-electron chi connectivity index (χ2n) is 5.92. The van der Waals surface area contributed by atoms with Gasteiger partial charge >= 0.3 is 0 Å². The number of carbonyl (C=O) groups is 1. The van der Waals surface area contributed by atoms with Gasteiger partial charge in [0.05, 0.1) is 18.1 Å². The van der Waals surface area contributed by atoms with Crippen molar-refractivity contribution in [1.29, 1.82) is 0 Å². The molecule has 0 radical (unpaired) electrons. The number of aryl methyl sites for hydroxylation is 1. The van der Waals surface area contributed by atoms with Crippen molar-refractivity contribution in [2.45, 2.75) is 13.5 Å². The number of carbonyl (C=O) groups excluding carboxylic acids is 1. The minimum Gasteiger partial charge on any atom is -0.497 e. The fraction of sp³-hybridized carbons (Fsp3) is 0.143. The van der Waals surface area contributed by atoms with Crippen molar-refractivity contribution in [2.24, 2.45) is 0 Å². The largest absolute Gasteiger partial charge is 0.497 e. The standard InChI is InChI=1S/C21H19NO4/c1-14-3-5-15(6-4-14)12-22-20(23)10-7-16-13-26-19-11-17(25-2)8-9-18(19)21(16)24/h3-11,13H,12H2,1-2H3,(H,22,23)/b10-7+. The summed E-state index contributed by atoms with van der Waals surface area (Å²) in [6, 6.07) is 12.9. The van der Waals surface area contributed by atoms with Crippen LogP contribution in [-0.2, 0) is 11.3 Å². The van der Waals surface area contributed by atoms with Gasteiger partial charge in [0.15, 0.2) is 5.43 Å². The second-order valence-corrected chi connectivity index (χ2v) is 5.92. The van der Waals surface area contributed by atoms with Crippen LogP contribution in [0.4, 0.5) is 0 Å². The smallest absolute Gasteiger partial charge is 0.244 e. The number of benzene rings is 2. The first-order valence-electron chi connectivity index (χ1n) is 8.18. The lowest BCUT2D eigenvalue weighted by atomic mass is 10.1. The third kappa shape index (κ3) is 4.00. The molecular formula is C21H19NO4. The summed E-state index contributed by atoms with van der Waals surface area (Å²) in [5, 5.41) is 3.22. The fourth-order valence-electron chi connectivity index (χ4n) is 2.49. The number of nitrogens with one attached hydrogen (secondary N) is 1. The van der Waals surface area contributed by atoms with E-state index in [2.05, 4.69) is 5.32 Å². The van der Waals surface area contributed by atoms with Crippen LogP contribution >= 0.6 is 0 Å². The molecule has 26 heavy (non-hydrogen) atoms. The van der Waals surface area contributed by atoms with E-state index in [-0.39, 0.29) is 11.3 Å². The third-order valence-corrected chi connectivity index (χ3v) is 4.01. The van der Waals surface area contributed by atoms with Gasteiger partial charge in [-0.15, -0.1) is 0 Å². The summed E-state index contributed by atoms with van der Waals surface area (Å²) in [5.74, 6) is 0.333. The topological polar surface area (TPSA) is 68.5 Å². The molecule has 1 amide bonds. The van der Waals surface area contributed by atoms with Gasteiger partial charge in [-0.05, 0) is 30.7 Å². The summed E-state index contributed by atoms with van der Waals surface area (Å²) in [5.41, 5.74) is 2.73. The quantitative estimate of drug-likeness (QED) is 0.717. The number of ether oxygens (including phenoxy) is 1. The summed E-state index contributed by atoms with van der Waals surface area (Å²) in [6.45, 7) is 2.44. The highest BCUT2D eigenvalue weighted by atomic mass is 16.5. The molecule has 0 saturated heterocycles. The van der Waals surface area contributed by atoms with Crippen molar-refractivity contribution in [3.63, 3.8) is 0 Å². The van der Waals surface area contributed by atoms with Gasteiger partial charge < -0.3 is 14.5 Å². The van der Waals surface area contributed by atoms with Crippen molar-refractivity contribution < 1.29 is 13.9 Å². The molecule has 0 unspecified atom stereocenters. The van der Waals surface area contributed by atoms with E-state index in [1.165, 1.54) is 24.0 Å². The molecule has 0 spiro atoms. The Morgan fingerprint density at radius 3 is 2.69 bits per heavy atom. The molecule has 0 atom stereocenters. The zero-order valence-corrected chi connectivity index (χ0v) is 14.6. The third-order valence-electron chi connectivity index (χ3n) is 4.01. The molecule has 132 valence electrons. The molecule has 3 aromatic rings. The van der Waals surface area contributed by atoms with Gasteiger partial charge in [0.25, 0.3) is 0 Å². The second kappa shape index (κ2) is 7.70. The van der Waals surface area contributed by atoms with E-state index >= 15 is 0 Å². The molecular weight excluding hydrogens is 330 g/mol. The van der Waals surface area contributed by atoms with E-state index < -0.39 is 0 Å². The monoisotopic (exact) mass is 349 g/mol. The zero-order chi connectivity index (χ0) is 18.5. The van der Waals surface area contributed by atoms with Crippen LogP contribution in [0.15, 0.2) is 64.0 Å². The molecule has 5 heteroatoms. The lowest BCUT2D eigenvalue weighted by Crippen LogP contribution is -2.20. The predicted octanol–water partition coefficient (Wildman–Crippen LogP) is 3.44. The van der Waals surface area contributed by atoms with E-state index in [0.717, 1.165) is 5.56 Å². The van der Waals surface area contributed by atoms with Crippen LogP contribution in [0.1, 0.15) is 16.7 Å². The lowest BCUT2D eigenvalue weighted by Gasteiger charge is -2.03. The van der Waals surface area contributed by atoms with Crippen LogP contribution in [-0.4, -0.2) is 13.0 Å². The first-order chi connectivity index (χ1) is 12.6. The van der Waals surface area contributed by atoms with E-state index in [0.29, 0.717) is 28.8 Å². The van der Waals surface area contributed by atoms with E-state index in [9.17, 15) is 9.59 Å². The first-order valence-corrected chi connectivity index (χ1v) is 8.18. The molecule has 0 bridgehead atoms. The van der Waals surface area contributed by atoms with E-state index in [1.807, 2.05) is 31.2 Å². The van der Waals surface area contributed by atoms with Gasteiger partial charge in [-0.2, -0.15) is 0 Å². The number of hydrogen-bond acceptors (Lipinski definition) is 4. The van der Waals surface area contributed by atoms with Crippen molar-refractivity contribution in [3.8, 4) is 5.75 Å². The Morgan fingerprint density at radius 1 is 1.19 bits per heavy atom. The van der Waals surface area contributed by atoms with Crippen molar-refractivity contribution in [3.05, 3.63) is 81.7 Å². The molecule has 1 aromatic heterocycles. The normalized spacial score (nSPS) is 11.0. The zero-order valence-electron chi connectivity index (χ0n) is 14.6. The molecule has 0 aliphatic rings. The predicted molar refractivity (Wildman–Crippen MR) is 101 cm³/mol. The summed E-state index contributed by atoms with van der Waals surface area (Å²) in [7, 11) is 1.55. The van der Waals surface area contributed by atoms with Gasteiger partial charge in [0.2, 0.25) is 5.91 Å². The fourth-order valence-corrected chi connectivity index (χ4v) is 2.49. The van der Waals surface area contributed by atoms with Crippen LogP contribution in [0.5, 0.6) is 5.75 Å². The van der Waals surface area contributed by atoms with Gasteiger partial charge in [-0.25, -0.2) is 0 Å². The molecule has 5 nitrogen and oxygen atoms in total. The van der Waals surface area contributed by atoms with Gasteiger partial charge in [0.1, 0.15) is 17.6 Å². The van der Waals surface area contributed by atoms with Crippen LogP contribution < -0.4 is 15.5 Å². The number of amides is 1. The Labute approximate surface area is 150 Å². The molecule has 3 rings (SSSR count). The Hall–Kier alpha value is -3.34. The Balaban J connectivity index is 1.71. The summed E-state index contributed by atoms with van der Waals surface area (Å²) in [6.07, 6.45) is 4.13. The molecule has 0 saturated carbocycles. The van der Waals surface area contributed by atoms with Crippen LogP contribution in [0.3, 0.4) is 0 Å². The van der Waals surface area contributed by atoms with Crippen LogP contribution in [0, 0.1) is 6.92 Å². The van der Waals surface area contributed by atoms with Crippen LogP contribution in [0.2, 0.25) is 0 Å². The Morgan fingerprint density at radius 2 is 1.96 bits per heavy atom. The number of rotatable bonds is 5. The van der Waals surface area contributed by atoms with Crippen molar-refractivity contribution in [1.82, 2.24) is 5.32 Å². The number of methoxy groups -OCH3 is 1. The number of hydrogen-bond donors (Lipinski definition) is 1. The SMILES string of the molecule is COc1ccc2c(=O)c(/C=C/C(=O)NCc3ccc(C)cc3)coc2c1. The lowest BCUT2D eigenvalue weighted by molar-refractivity contribution is -0.116. The molecule has 0 aliphatic heterocycles. The van der Waals surface area contributed by atoms with Gasteiger partial charge in [-0.1, -0.05) is 29.8 Å². The molecule has 2 aromatic carbocycles. The van der Waals surface area contributed by atoms with Crippen LogP contribution in [0.25, 0.3) is 17.0 Å². The van der Waals surface area contributed by atoms with Crippen molar-refractivity contribution >= 4 is 23.0 Å². The minimum atomic E-state index is -0.278. The maximum absolute atomic E-state index is 12.5. The molecule has 0 aliphatic carbocycles. The molecule has 0 fully saturated rings. The van der Waals surface area contributed by atoms with Crippen molar-refractivity contribution in [2.75, 3.05) is 7.11 Å². The maximum Gasteiger partial charge on any atom is 0.244 e. The Bertz CT molecular complexity index is 1020. The summed E-state index contributed by atoms with van der Waals surface area (Å²) >= 11 is 0. The van der Waals surface area contributed by atoms with E-state index in [1.54, 1.807) is 25.3 Å². The average molecular weight is 349 g/mol. The maximum atomic E-state index is 12.5. The molecule has 1 heterocycles. The summed E-state index contributed by atoms with van der Waals surface area (Å²) in [4.78, 5) is 24.4. The number of fused-ring (bicyclic) bond motifs is 1. The highest BCUT2D eigenvalue weighted by Gasteiger charge is 2.06. The first kappa shape index (κ1) is 17.5. The minimum absolute atomic E-state index is 0.198. The van der Waals surface area contributed by atoms with Gasteiger partial charge in [0, 0.05) is 18.7 Å². The average Bonchev–Trinajstić information content (AvgIpc) is 2.66. The molecule has 1 N–H and O–H groups in total. The Kier molecular flexibility index (Phi) is 5.17. The van der Waals surface area contributed by atoms with Gasteiger partial charge in [-0.3, -0.25) is 9.59 Å².